The molecule has 0 saturated carbocycles. The molecular weight excluding hydrogens is 246 g/mol. The second kappa shape index (κ2) is 5.18. The lowest BCUT2D eigenvalue weighted by Crippen LogP contribution is -2.43. The fraction of sp³-hybridized carbons (Fsp3) is 0.600. The number of sulfonamides is 1. The summed E-state index contributed by atoms with van der Waals surface area (Å²) in [4.78, 5) is 0. The predicted octanol–water partition coefficient (Wildman–Crippen LogP) is 0.211. The van der Waals surface area contributed by atoms with Gasteiger partial charge in [-0.05, 0) is 32.4 Å². The number of hydrogen-bond acceptors (Lipinski definition) is 5. The summed E-state index contributed by atoms with van der Waals surface area (Å²) in [6, 6.07) is 2.68. The summed E-state index contributed by atoms with van der Waals surface area (Å²) >= 11 is 0. The van der Waals surface area contributed by atoms with Gasteiger partial charge in [-0.15, -0.1) is 0 Å². The summed E-state index contributed by atoms with van der Waals surface area (Å²) in [7, 11) is -3.77. The molecule has 0 fully saturated rings. The van der Waals surface area contributed by atoms with E-state index in [1.165, 1.54) is 12.1 Å². The van der Waals surface area contributed by atoms with Crippen molar-refractivity contribution < 1.29 is 23.0 Å². The first kappa shape index (κ1) is 14.2. The number of furan rings is 1. The van der Waals surface area contributed by atoms with Crippen LogP contribution in [-0.2, 0) is 16.6 Å². The molecule has 0 aliphatic heterocycles. The van der Waals surface area contributed by atoms with Gasteiger partial charge in [0.2, 0.25) is 5.09 Å². The SMILES string of the molecule is CC(C)(CCO)NS(=O)(=O)c1ccc(CO)o1. The van der Waals surface area contributed by atoms with Gasteiger partial charge in [-0.2, -0.15) is 0 Å². The highest BCUT2D eigenvalue weighted by Crippen LogP contribution is 2.17. The van der Waals surface area contributed by atoms with Crippen molar-refractivity contribution in [2.45, 2.75) is 37.5 Å². The molecule has 0 aromatic carbocycles. The summed E-state index contributed by atoms with van der Waals surface area (Å²) in [6.07, 6.45) is 0.291. The molecule has 0 radical (unpaired) electrons. The normalized spacial score (nSPS) is 12.9. The van der Waals surface area contributed by atoms with Gasteiger partial charge in [0.25, 0.3) is 10.0 Å². The number of aliphatic hydroxyl groups excluding tert-OH is 2. The fourth-order valence-electron chi connectivity index (χ4n) is 1.33. The van der Waals surface area contributed by atoms with Crippen LogP contribution < -0.4 is 4.72 Å². The van der Waals surface area contributed by atoms with E-state index < -0.39 is 15.6 Å². The van der Waals surface area contributed by atoms with Crippen molar-refractivity contribution >= 4 is 10.0 Å². The van der Waals surface area contributed by atoms with Crippen molar-refractivity contribution in [3.8, 4) is 0 Å². The van der Waals surface area contributed by atoms with Gasteiger partial charge in [0.15, 0.2) is 0 Å². The minimum atomic E-state index is -3.77. The zero-order valence-corrected chi connectivity index (χ0v) is 10.6. The van der Waals surface area contributed by atoms with Crippen LogP contribution in [0, 0.1) is 0 Å². The maximum Gasteiger partial charge on any atom is 0.274 e. The van der Waals surface area contributed by atoms with E-state index in [0.29, 0.717) is 6.42 Å². The third-order valence-electron chi connectivity index (χ3n) is 2.21. The largest absolute Gasteiger partial charge is 0.446 e. The van der Waals surface area contributed by atoms with Crippen molar-refractivity contribution in [1.82, 2.24) is 4.72 Å². The van der Waals surface area contributed by atoms with E-state index in [4.69, 9.17) is 14.6 Å². The standard InChI is InChI=1S/C10H17NO5S/c1-10(2,5-6-12)11-17(14,15)9-4-3-8(7-13)16-9/h3-4,11-13H,5-7H2,1-2H3. The van der Waals surface area contributed by atoms with E-state index in [1.807, 2.05) is 0 Å². The van der Waals surface area contributed by atoms with Gasteiger partial charge in [0.05, 0.1) is 0 Å². The van der Waals surface area contributed by atoms with Crippen LogP contribution in [0.1, 0.15) is 26.0 Å². The van der Waals surface area contributed by atoms with Crippen LogP contribution in [0.15, 0.2) is 21.6 Å². The Bertz CT molecular complexity index is 463. The van der Waals surface area contributed by atoms with Crippen molar-refractivity contribution in [2.75, 3.05) is 6.61 Å². The molecule has 1 rings (SSSR count). The van der Waals surface area contributed by atoms with Gasteiger partial charge in [-0.25, -0.2) is 13.1 Å². The van der Waals surface area contributed by atoms with Gasteiger partial charge in [-0.3, -0.25) is 0 Å². The minimum Gasteiger partial charge on any atom is -0.446 e. The summed E-state index contributed by atoms with van der Waals surface area (Å²) in [6.45, 7) is 2.86. The van der Waals surface area contributed by atoms with Gasteiger partial charge in [0, 0.05) is 12.1 Å². The number of hydrogen-bond donors (Lipinski definition) is 3. The van der Waals surface area contributed by atoms with Crippen LogP contribution in [0.3, 0.4) is 0 Å². The topological polar surface area (TPSA) is 99.8 Å². The van der Waals surface area contributed by atoms with Gasteiger partial charge in [-0.1, -0.05) is 0 Å². The van der Waals surface area contributed by atoms with E-state index in [9.17, 15) is 8.42 Å². The molecule has 1 aromatic rings. The average Bonchev–Trinajstić information content (AvgIpc) is 2.64. The smallest absolute Gasteiger partial charge is 0.274 e. The second-order valence-electron chi connectivity index (χ2n) is 4.34. The molecule has 1 aromatic heterocycles. The molecule has 3 N–H and O–H groups in total. The van der Waals surface area contributed by atoms with Crippen LogP contribution in [0.2, 0.25) is 0 Å². The first-order valence-corrected chi connectivity index (χ1v) is 6.63. The highest BCUT2D eigenvalue weighted by Gasteiger charge is 2.27. The Morgan fingerprint density at radius 3 is 2.47 bits per heavy atom. The Kier molecular flexibility index (Phi) is 4.31. The Balaban J connectivity index is 2.88. The highest BCUT2D eigenvalue weighted by molar-refractivity contribution is 7.89. The van der Waals surface area contributed by atoms with E-state index in [1.54, 1.807) is 13.8 Å². The van der Waals surface area contributed by atoms with Crippen LogP contribution in [0.25, 0.3) is 0 Å². The van der Waals surface area contributed by atoms with Crippen molar-refractivity contribution in [3.05, 3.63) is 17.9 Å². The highest BCUT2D eigenvalue weighted by atomic mass is 32.2. The summed E-state index contributed by atoms with van der Waals surface area (Å²) in [5.41, 5.74) is -0.764. The number of nitrogens with one attached hydrogen (secondary N) is 1. The molecule has 17 heavy (non-hydrogen) atoms. The lowest BCUT2D eigenvalue weighted by molar-refractivity contribution is 0.234. The molecule has 0 saturated heterocycles. The average molecular weight is 263 g/mol. The fourth-order valence-corrected chi connectivity index (χ4v) is 2.73. The maximum absolute atomic E-state index is 11.9. The minimum absolute atomic E-state index is 0.116. The second-order valence-corrected chi connectivity index (χ2v) is 5.96. The first-order valence-electron chi connectivity index (χ1n) is 5.15. The first-order chi connectivity index (χ1) is 7.80. The van der Waals surface area contributed by atoms with E-state index >= 15 is 0 Å². The molecule has 6 nitrogen and oxygen atoms in total. The molecule has 7 heteroatoms. The molecule has 0 bridgehead atoms. The van der Waals surface area contributed by atoms with E-state index in [0.717, 1.165) is 0 Å². The third-order valence-corrected chi connectivity index (χ3v) is 3.78. The zero-order valence-electron chi connectivity index (χ0n) is 9.80. The third kappa shape index (κ3) is 3.81. The molecule has 0 atom stereocenters. The zero-order chi connectivity index (χ0) is 13.1. The van der Waals surface area contributed by atoms with Crippen LogP contribution in [-0.4, -0.2) is 30.8 Å². The van der Waals surface area contributed by atoms with Gasteiger partial charge >= 0.3 is 0 Å². The van der Waals surface area contributed by atoms with Gasteiger partial charge < -0.3 is 14.6 Å². The molecular formula is C10H17NO5S. The van der Waals surface area contributed by atoms with Crippen LogP contribution in [0.4, 0.5) is 0 Å². The van der Waals surface area contributed by atoms with Gasteiger partial charge in [0.1, 0.15) is 12.4 Å². The van der Waals surface area contributed by atoms with E-state index in [-0.39, 0.29) is 24.1 Å². The lowest BCUT2D eigenvalue weighted by atomic mass is 10.0. The summed E-state index contributed by atoms with van der Waals surface area (Å²) in [5.74, 6) is 0.185. The van der Waals surface area contributed by atoms with Crippen LogP contribution >= 0.6 is 0 Å². The van der Waals surface area contributed by atoms with Crippen molar-refractivity contribution in [3.63, 3.8) is 0 Å². The molecule has 0 aliphatic carbocycles. The Morgan fingerprint density at radius 2 is 2.00 bits per heavy atom. The molecule has 0 amide bonds. The Labute approximate surface area is 100 Å². The molecule has 0 spiro atoms. The van der Waals surface area contributed by atoms with Crippen molar-refractivity contribution in [1.29, 1.82) is 0 Å². The predicted molar refractivity (Wildman–Crippen MR) is 60.7 cm³/mol. The lowest BCUT2D eigenvalue weighted by Gasteiger charge is -2.24. The number of rotatable bonds is 6. The summed E-state index contributed by atoms with van der Waals surface area (Å²) < 4.78 is 31.2. The maximum atomic E-state index is 11.9. The molecule has 98 valence electrons. The van der Waals surface area contributed by atoms with Crippen LogP contribution in [0.5, 0.6) is 0 Å². The molecule has 0 unspecified atom stereocenters. The monoisotopic (exact) mass is 263 g/mol. The Morgan fingerprint density at radius 1 is 1.35 bits per heavy atom. The Hall–Kier alpha value is -0.890. The summed E-state index contributed by atoms with van der Waals surface area (Å²) in [5, 5.41) is 17.4. The van der Waals surface area contributed by atoms with E-state index in [2.05, 4.69) is 4.72 Å². The number of aliphatic hydroxyl groups is 2. The quantitative estimate of drug-likeness (QED) is 0.681. The molecule has 1 heterocycles. The molecule has 0 aliphatic rings. The van der Waals surface area contributed by atoms with Crippen molar-refractivity contribution in [2.24, 2.45) is 0 Å².